The first-order valence-electron chi connectivity index (χ1n) is 10.6. The predicted octanol–water partition coefficient (Wildman–Crippen LogP) is 7.75. The molecule has 0 atom stereocenters. The normalized spacial score (nSPS) is 19.7. The highest BCUT2D eigenvalue weighted by molar-refractivity contribution is 7.78. The number of rotatable bonds is 12. The van der Waals surface area contributed by atoms with Crippen molar-refractivity contribution in [3.63, 3.8) is 0 Å². The van der Waals surface area contributed by atoms with Crippen LogP contribution in [-0.2, 0) is 0 Å². The number of nitrogens with zero attached hydrogens (tertiary/aromatic N) is 1. The van der Waals surface area contributed by atoms with E-state index >= 15 is 0 Å². The Labute approximate surface area is 165 Å². The Balaban J connectivity index is 1.51. The van der Waals surface area contributed by atoms with Crippen LogP contribution in [0.2, 0.25) is 0 Å². The van der Waals surface area contributed by atoms with E-state index in [1.54, 1.807) is 0 Å². The van der Waals surface area contributed by atoms with Crippen LogP contribution >= 0.6 is 12.2 Å². The summed E-state index contributed by atoms with van der Waals surface area (Å²) in [4.78, 5) is 3.95. The average molecular weight is 374 g/mol. The van der Waals surface area contributed by atoms with Gasteiger partial charge in [-0.25, -0.2) is 0 Å². The SMILES string of the molecule is CCCCCCCC1CCC(CCCOc2ccc(N=C=S)cc2)CC1. The molecule has 1 aliphatic rings. The molecule has 26 heavy (non-hydrogen) atoms. The molecule has 1 saturated carbocycles. The van der Waals surface area contributed by atoms with Crippen LogP contribution in [0.5, 0.6) is 5.75 Å². The molecule has 1 aromatic carbocycles. The highest BCUT2D eigenvalue weighted by Crippen LogP contribution is 2.34. The highest BCUT2D eigenvalue weighted by atomic mass is 32.1. The Bertz CT molecular complexity index is 528. The van der Waals surface area contributed by atoms with Crippen molar-refractivity contribution in [2.45, 2.75) is 84.0 Å². The third-order valence-corrected chi connectivity index (χ3v) is 5.81. The second-order valence-electron chi connectivity index (χ2n) is 7.78. The number of hydrogen-bond acceptors (Lipinski definition) is 3. The fraction of sp³-hybridized carbons (Fsp3) is 0.696. The third kappa shape index (κ3) is 8.47. The minimum absolute atomic E-state index is 0.813. The van der Waals surface area contributed by atoms with Gasteiger partial charge < -0.3 is 4.74 Å². The van der Waals surface area contributed by atoms with Gasteiger partial charge in [0.15, 0.2) is 0 Å². The number of benzene rings is 1. The zero-order chi connectivity index (χ0) is 18.5. The molecule has 0 bridgehead atoms. The molecule has 0 heterocycles. The zero-order valence-corrected chi connectivity index (χ0v) is 17.2. The minimum Gasteiger partial charge on any atom is -0.494 e. The second kappa shape index (κ2) is 13.1. The van der Waals surface area contributed by atoms with Crippen molar-refractivity contribution < 1.29 is 4.74 Å². The van der Waals surface area contributed by atoms with Crippen LogP contribution in [0.25, 0.3) is 0 Å². The fourth-order valence-corrected chi connectivity index (χ4v) is 4.18. The Hall–Kier alpha value is -1.18. The van der Waals surface area contributed by atoms with E-state index in [9.17, 15) is 0 Å². The van der Waals surface area contributed by atoms with Crippen molar-refractivity contribution in [1.29, 1.82) is 0 Å². The molecule has 2 nitrogen and oxygen atoms in total. The van der Waals surface area contributed by atoms with Gasteiger partial charge in [-0.15, -0.1) is 0 Å². The van der Waals surface area contributed by atoms with Gasteiger partial charge in [-0.1, -0.05) is 71.1 Å². The van der Waals surface area contributed by atoms with E-state index in [2.05, 4.69) is 29.3 Å². The summed E-state index contributed by atoms with van der Waals surface area (Å²) in [5, 5.41) is 2.38. The molecule has 0 aromatic heterocycles. The summed E-state index contributed by atoms with van der Waals surface area (Å²) in [5.41, 5.74) is 0.828. The quantitative estimate of drug-likeness (QED) is 0.212. The summed E-state index contributed by atoms with van der Waals surface area (Å²) >= 11 is 4.61. The number of aliphatic imine (C=N–C) groups is 1. The number of hydrogen-bond donors (Lipinski definition) is 0. The largest absolute Gasteiger partial charge is 0.494 e. The van der Waals surface area contributed by atoms with Gasteiger partial charge in [0.2, 0.25) is 0 Å². The monoisotopic (exact) mass is 373 g/mol. The van der Waals surface area contributed by atoms with E-state index in [0.29, 0.717) is 0 Å². The molecule has 0 radical (unpaired) electrons. The van der Waals surface area contributed by atoms with Crippen LogP contribution in [0.4, 0.5) is 5.69 Å². The lowest BCUT2D eigenvalue weighted by Crippen LogP contribution is -2.15. The lowest BCUT2D eigenvalue weighted by atomic mass is 9.78. The maximum Gasteiger partial charge on any atom is 0.119 e. The molecule has 3 heteroatoms. The topological polar surface area (TPSA) is 21.6 Å². The maximum absolute atomic E-state index is 5.85. The first-order valence-corrected chi connectivity index (χ1v) is 11.0. The van der Waals surface area contributed by atoms with Gasteiger partial charge in [-0.05, 0) is 61.2 Å². The molecule has 0 N–H and O–H groups in total. The Morgan fingerprint density at radius 1 is 0.923 bits per heavy atom. The van der Waals surface area contributed by atoms with Gasteiger partial charge in [0, 0.05) is 0 Å². The van der Waals surface area contributed by atoms with Gasteiger partial charge in [0.05, 0.1) is 17.5 Å². The summed E-state index contributed by atoms with van der Waals surface area (Å²) in [6, 6.07) is 7.74. The summed E-state index contributed by atoms with van der Waals surface area (Å²) in [7, 11) is 0. The van der Waals surface area contributed by atoms with Crippen LogP contribution in [0.15, 0.2) is 29.3 Å². The van der Waals surface area contributed by atoms with Crippen LogP contribution in [0.1, 0.15) is 84.0 Å². The Morgan fingerprint density at radius 2 is 1.54 bits per heavy atom. The molecule has 1 aromatic rings. The lowest BCUT2D eigenvalue weighted by molar-refractivity contribution is 0.228. The number of ether oxygens (including phenoxy) is 1. The van der Waals surface area contributed by atoms with E-state index < -0.39 is 0 Å². The summed E-state index contributed by atoms with van der Waals surface area (Å²) in [6.45, 7) is 3.10. The molecule has 0 amide bonds. The Kier molecular flexibility index (Phi) is 10.6. The van der Waals surface area contributed by atoms with Gasteiger partial charge in [-0.2, -0.15) is 4.99 Å². The van der Waals surface area contributed by atoms with Crippen molar-refractivity contribution in [3.05, 3.63) is 24.3 Å². The summed E-state index contributed by atoms with van der Waals surface area (Å²) in [5.74, 6) is 2.85. The van der Waals surface area contributed by atoms with Crippen molar-refractivity contribution in [1.82, 2.24) is 0 Å². The van der Waals surface area contributed by atoms with Crippen molar-refractivity contribution >= 4 is 23.1 Å². The summed E-state index contributed by atoms with van der Waals surface area (Å²) in [6.07, 6.45) is 16.8. The number of unbranched alkanes of at least 4 members (excludes halogenated alkanes) is 4. The number of thiocarbonyl (C=S) groups is 1. The molecule has 1 fully saturated rings. The zero-order valence-electron chi connectivity index (χ0n) is 16.4. The van der Waals surface area contributed by atoms with Crippen LogP contribution in [0, 0.1) is 11.8 Å². The number of isothiocyanates is 1. The van der Waals surface area contributed by atoms with Crippen LogP contribution < -0.4 is 4.74 Å². The first-order chi connectivity index (χ1) is 12.8. The molecular weight excluding hydrogens is 338 g/mol. The molecule has 144 valence electrons. The predicted molar refractivity (Wildman–Crippen MR) is 115 cm³/mol. The summed E-state index contributed by atoms with van der Waals surface area (Å²) < 4.78 is 5.85. The fourth-order valence-electron chi connectivity index (χ4n) is 4.08. The van der Waals surface area contributed by atoms with Gasteiger partial charge in [0.25, 0.3) is 0 Å². The van der Waals surface area contributed by atoms with E-state index in [4.69, 9.17) is 4.74 Å². The second-order valence-corrected chi connectivity index (χ2v) is 7.96. The van der Waals surface area contributed by atoms with E-state index in [1.165, 1.54) is 70.6 Å². The van der Waals surface area contributed by atoms with Gasteiger partial charge in [0.1, 0.15) is 5.75 Å². The first kappa shape index (κ1) is 21.1. The molecule has 0 aliphatic heterocycles. The molecule has 2 rings (SSSR count). The van der Waals surface area contributed by atoms with Crippen molar-refractivity contribution in [3.8, 4) is 5.75 Å². The van der Waals surface area contributed by atoms with E-state index in [1.807, 2.05) is 24.3 Å². The van der Waals surface area contributed by atoms with Crippen LogP contribution in [-0.4, -0.2) is 11.8 Å². The third-order valence-electron chi connectivity index (χ3n) is 5.72. The molecule has 1 aliphatic carbocycles. The molecule has 0 spiro atoms. The lowest BCUT2D eigenvalue weighted by Gasteiger charge is -2.28. The standard InChI is InChI=1S/C23H35NOS/c1-2-3-4-5-6-8-20-10-12-21(13-11-20)9-7-18-25-23-16-14-22(15-17-23)24-19-26/h14-17,20-21H,2-13,18H2,1H3. The highest BCUT2D eigenvalue weighted by Gasteiger charge is 2.20. The smallest absolute Gasteiger partial charge is 0.119 e. The average Bonchev–Trinajstić information content (AvgIpc) is 2.68. The van der Waals surface area contributed by atoms with Crippen molar-refractivity contribution in [2.24, 2.45) is 16.8 Å². The van der Waals surface area contributed by atoms with Crippen LogP contribution in [0.3, 0.4) is 0 Å². The Morgan fingerprint density at radius 3 is 2.15 bits per heavy atom. The van der Waals surface area contributed by atoms with Crippen molar-refractivity contribution in [2.75, 3.05) is 6.61 Å². The minimum atomic E-state index is 0.813. The molecule has 0 saturated heterocycles. The molecular formula is C23H35NOS. The van der Waals surface area contributed by atoms with E-state index in [-0.39, 0.29) is 0 Å². The van der Waals surface area contributed by atoms with E-state index in [0.717, 1.165) is 36.3 Å². The molecule has 0 unspecified atom stereocenters. The van der Waals surface area contributed by atoms with Gasteiger partial charge >= 0.3 is 0 Å². The van der Waals surface area contributed by atoms with Gasteiger partial charge in [-0.3, -0.25) is 0 Å². The maximum atomic E-state index is 5.85.